The molecule has 1 aliphatic heterocycles. The van der Waals surface area contributed by atoms with Crippen LogP contribution in [0.2, 0.25) is 0 Å². The maximum absolute atomic E-state index is 5.94. The minimum absolute atomic E-state index is 0.296. The lowest BCUT2D eigenvalue weighted by Crippen LogP contribution is -2.53. The minimum Gasteiger partial charge on any atom is -0.370 e. The zero-order chi connectivity index (χ0) is 10.9. The molecular formula is C12H23N3. The fourth-order valence-corrected chi connectivity index (χ4v) is 3.19. The van der Waals surface area contributed by atoms with E-state index in [2.05, 4.69) is 23.7 Å². The smallest absolute Gasteiger partial charge is 0.191 e. The highest BCUT2D eigenvalue weighted by atomic mass is 15.4. The lowest BCUT2D eigenvalue weighted by Gasteiger charge is -2.43. The molecule has 0 aromatic heterocycles. The third kappa shape index (κ3) is 1.72. The molecule has 1 heterocycles. The Bertz CT molecular complexity index is 252. The molecule has 0 saturated heterocycles. The van der Waals surface area contributed by atoms with E-state index in [1.54, 1.807) is 0 Å². The number of likely N-dealkylation sites (N-methyl/N-ethyl adjacent to an activating group) is 1. The van der Waals surface area contributed by atoms with Crippen molar-refractivity contribution in [1.29, 1.82) is 0 Å². The quantitative estimate of drug-likeness (QED) is 0.755. The van der Waals surface area contributed by atoms with Crippen molar-refractivity contribution in [2.24, 2.45) is 16.6 Å². The van der Waals surface area contributed by atoms with Gasteiger partial charge < -0.3 is 10.6 Å². The summed E-state index contributed by atoms with van der Waals surface area (Å²) < 4.78 is 0. The van der Waals surface area contributed by atoms with Crippen molar-refractivity contribution in [3.63, 3.8) is 0 Å². The Hall–Kier alpha value is -0.730. The number of guanidine groups is 1. The van der Waals surface area contributed by atoms with Crippen LogP contribution in [0.3, 0.4) is 0 Å². The number of aliphatic imine (C=N–C) groups is 1. The summed E-state index contributed by atoms with van der Waals surface area (Å²) >= 11 is 0. The first-order chi connectivity index (χ1) is 7.22. The maximum Gasteiger partial charge on any atom is 0.191 e. The van der Waals surface area contributed by atoms with Gasteiger partial charge in [0, 0.05) is 6.54 Å². The second-order valence-electron chi connectivity index (χ2n) is 4.99. The molecule has 1 fully saturated rings. The van der Waals surface area contributed by atoms with Crippen LogP contribution in [0.5, 0.6) is 0 Å². The van der Waals surface area contributed by atoms with Crippen LogP contribution < -0.4 is 5.73 Å². The molecule has 1 aliphatic carbocycles. The topological polar surface area (TPSA) is 41.6 Å². The van der Waals surface area contributed by atoms with Gasteiger partial charge in [0.1, 0.15) is 0 Å². The SMILES string of the molecule is CCC1CCC2(CC1)CN=C(N)N2CC. The van der Waals surface area contributed by atoms with E-state index in [1.165, 1.54) is 32.1 Å². The van der Waals surface area contributed by atoms with E-state index in [-0.39, 0.29) is 0 Å². The van der Waals surface area contributed by atoms with Gasteiger partial charge in [-0.05, 0) is 38.5 Å². The Kier molecular flexibility index (Phi) is 2.89. The number of rotatable bonds is 2. The Labute approximate surface area is 92.7 Å². The monoisotopic (exact) mass is 209 g/mol. The highest BCUT2D eigenvalue weighted by molar-refractivity contribution is 5.81. The van der Waals surface area contributed by atoms with Gasteiger partial charge >= 0.3 is 0 Å². The van der Waals surface area contributed by atoms with Gasteiger partial charge in [0.25, 0.3) is 0 Å². The lowest BCUT2D eigenvalue weighted by molar-refractivity contribution is 0.119. The van der Waals surface area contributed by atoms with Crippen molar-refractivity contribution in [1.82, 2.24) is 4.90 Å². The molecule has 1 saturated carbocycles. The fourth-order valence-electron chi connectivity index (χ4n) is 3.19. The summed E-state index contributed by atoms with van der Waals surface area (Å²) in [5.74, 6) is 1.71. The van der Waals surface area contributed by atoms with Gasteiger partial charge in [-0.15, -0.1) is 0 Å². The number of hydrogen-bond donors (Lipinski definition) is 1. The van der Waals surface area contributed by atoms with Gasteiger partial charge in [0.05, 0.1) is 12.1 Å². The van der Waals surface area contributed by atoms with E-state index in [0.717, 1.165) is 25.0 Å². The van der Waals surface area contributed by atoms with Crippen LogP contribution in [0.4, 0.5) is 0 Å². The van der Waals surface area contributed by atoms with Crippen molar-refractivity contribution >= 4 is 5.96 Å². The molecule has 0 atom stereocenters. The third-order valence-electron chi connectivity index (χ3n) is 4.31. The number of hydrogen-bond acceptors (Lipinski definition) is 3. The molecule has 2 rings (SSSR count). The molecule has 86 valence electrons. The number of nitrogens with zero attached hydrogens (tertiary/aromatic N) is 2. The number of nitrogens with two attached hydrogens (primary N) is 1. The highest BCUT2D eigenvalue weighted by Crippen LogP contribution is 2.39. The van der Waals surface area contributed by atoms with Gasteiger partial charge in [0.2, 0.25) is 0 Å². The summed E-state index contributed by atoms with van der Waals surface area (Å²) in [6.45, 7) is 6.43. The van der Waals surface area contributed by atoms with Gasteiger partial charge in [-0.3, -0.25) is 4.99 Å². The first-order valence-corrected chi connectivity index (χ1v) is 6.29. The van der Waals surface area contributed by atoms with Gasteiger partial charge in [0.15, 0.2) is 5.96 Å². The largest absolute Gasteiger partial charge is 0.370 e. The predicted octanol–water partition coefficient (Wildman–Crippen LogP) is 1.98. The molecule has 15 heavy (non-hydrogen) atoms. The van der Waals surface area contributed by atoms with E-state index < -0.39 is 0 Å². The molecule has 0 radical (unpaired) electrons. The van der Waals surface area contributed by atoms with E-state index in [4.69, 9.17) is 5.73 Å². The van der Waals surface area contributed by atoms with Gasteiger partial charge in [-0.2, -0.15) is 0 Å². The molecule has 0 amide bonds. The normalized spacial score (nSPS) is 36.0. The van der Waals surface area contributed by atoms with Crippen LogP contribution in [0.1, 0.15) is 46.0 Å². The lowest BCUT2D eigenvalue weighted by atomic mass is 9.75. The molecule has 0 unspecified atom stereocenters. The molecule has 1 spiro atoms. The summed E-state index contributed by atoms with van der Waals surface area (Å²) in [6, 6.07) is 0. The van der Waals surface area contributed by atoms with Crippen molar-refractivity contribution in [2.45, 2.75) is 51.5 Å². The van der Waals surface area contributed by atoms with Crippen molar-refractivity contribution in [3.05, 3.63) is 0 Å². The second-order valence-corrected chi connectivity index (χ2v) is 4.99. The van der Waals surface area contributed by atoms with Crippen molar-refractivity contribution in [2.75, 3.05) is 13.1 Å². The fraction of sp³-hybridized carbons (Fsp3) is 0.917. The first kappa shape index (κ1) is 10.8. The van der Waals surface area contributed by atoms with Crippen LogP contribution in [0.25, 0.3) is 0 Å². The van der Waals surface area contributed by atoms with E-state index in [9.17, 15) is 0 Å². The molecule has 3 heteroatoms. The zero-order valence-electron chi connectivity index (χ0n) is 10.00. The Morgan fingerprint density at radius 1 is 1.40 bits per heavy atom. The zero-order valence-corrected chi connectivity index (χ0v) is 10.00. The van der Waals surface area contributed by atoms with E-state index >= 15 is 0 Å². The summed E-state index contributed by atoms with van der Waals surface area (Å²) in [6.07, 6.45) is 6.61. The van der Waals surface area contributed by atoms with Crippen LogP contribution in [-0.4, -0.2) is 29.5 Å². The molecule has 0 aromatic rings. The van der Waals surface area contributed by atoms with Crippen LogP contribution in [0.15, 0.2) is 4.99 Å². The average molecular weight is 209 g/mol. The third-order valence-corrected chi connectivity index (χ3v) is 4.31. The predicted molar refractivity (Wildman–Crippen MR) is 63.8 cm³/mol. The minimum atomic E-state index is 0.296. The highest BCUT2D eigenvalue weighted by Gasteiger charge is 2.43. The van der Waals surface area contributed by atoms with E-state index in [0.29, 0.717) is 5.54 Å². The second kappa shape index (κ2) is 4.03. The van der Waals surface area contributed by atoms with E-state index in [1.807, 2.05) is 0 Å². The Morgan fingerprint density at radius 3 is 2.60 bits per heavy atom. The van der Waals surface area contributed by atoms with Crippen LogP contribution in [0, 0.1) is 5.92 Å². The summed E-state index contributed by atoms with van der Waals surface area (Å²) in [5.41, 5.74) is 6.23. The Balaban J connectivity index is 2.04. The molecule has 3 nitrogen and oxygen atoms in total. The van der Waals surface area contributed by atoms with Crippen LogP contribution in [-0.2, 0) is 0 Å². The summed E-state index contributed by atoms with van der Waals surface area (Å²) in [7, 11) is 0. The first-order valence-electron chi connectivity index (χ1n) is 6.29. The molecule has 2 N–H and O–H groups in total. The summed E-state index contributed by atoms with van der Waals surface area (Å²) in [4.78, 5) is 6.77. The Morgan fingerprint density at radius 2 is 2.07 bits per heavy atom. The molecule has 0 aromatic carbocycles. The standard InChI is InChI=1S/C12H23N3/c1-3-10-5-7-12(8-6-10)9-14-11(13)15(12)4-2/h10H,3-9H2,1-2H3,(H2,13,14). The average Bonchev–Trinajstić information content (AvgIpc) is 2.57. The maximum atomic E-state index is 5.94. The van der Waals surface area contributed by atoms with Crippen molar-refractivity contribution < 1.29 is 0 Å². The van der Waals surface area contributed by atoms with Crippen molar-refractivity contribution in [3.8, 4) is 0 Å². The molecule has 2 aliphatic rings. The van der Waals surface area contributed by atoms with Gasteiger partial charge in [-0.25, -0.2) is 0 Å². The molecular weight excluding hydrogens is 186 g/mol. The van der Waals surface area contributed by atoms with Crippen LogP contribution >= 0.6 is 0 Å². The molecule has 0 bridgehead atoms. The van der Waals surface area contributed by atoms with Gasteiger partial charge in [-0.1, -0.05) is 13.3 Å². The summed E-state index contributed by atoms with van der Waals surface area (Å²) in [5, 5.41) is 0.